The molecule has 2 aliphatic heterocycles. The Morgan fingerprint density at radius 1 is 0.943 bits per heavy atom. The number of carbonyl (C=O) groups excluding carboxylic acids is 4. The van der Waals surface area contributed by atoms with Crippen LogP contribution < -0.4 is 31.4 Å². The average Bonchev–Trinajstić information content (AvgIpc) is 3.59. The zero-order valence-electron chi connectivity index (χ0n) is 29.9. The second-order valence-electron chi connectivity index (χ2n) is 13.2. The number of fused-ring (bicyclic) bond motifs is 2. The fourth-order valence-electron chi connectivity index (χ4n) is 6.33. The highest BCUT2D eigenvalue weighted by Crippen LogP contribution is 2.46. The predicted molar refractivity (Wildman–Crippen MR) is 192 cm³/mol. The Labute approximate surface area is 305 Å². The van der Waals surface area contributed by atoms with Crippen LogP contribution in [0.25, 0.3) is 6.08 Å². The van der Waals surface area contributed by atoms with Gasteiger partial charge in [-0.25, -0.2) is 9.59 Å². The van der Waals surface area contributed by atoms with Gasteiger partial charge in [-0.3, -0.25) is 28.3 Å². The second kappa shape index (κ2) is 17.1. The van der Waals surface area contributed by atoms with Gasteiger partial charge in [0.1, 0.15) is 22.8 Å². The second-order valence-corrected chi connectivity index (χ2v) is 13.2. The third-order valence-corrected chi connectivity index (χ3v) is 9.35. The molecule has 282 valence electrons. The molecular formula is C38H44N4O11. The van der Waals surface area contributed by atoms with Gasteiger partial charge in [-0.05, 0) is 61.9 Å². The summed E-state index contributed by atoms with van der Waals surface area (Å²) in [6.07, 6.45) is 5.27. The number of phenols is 2. The molecule has 3 aromatic rings. The Bertz CT molecular complexity index is 2050. The minimum absolute atomic E-state index is 0.0108. The minimum atomic E-state index is -1.00. The molecule has 0 aliphatic carbocycles. The van der Waals surface area contributed by atoms with Crippen LogP contribution in [0.2, 0.25) is 0 Å². The monoisotopic (exact) mass is 732 g/mol. The summed E-state index contributed by atoms with van der Waals surface area (Å²) >= 11 is 0. The van der Waals surface area contributed by atoms with Gasteiger partial charge in [0.25, 0.3) is 5.56 Å². The third kappa shape index (κ3) is 9.33. The summed E-state index contributed by atoms with van der Waals surface area (Å²) in [4.78, 5) is 76.1. The van der Waals surface area contributed by atoms with Crippen molar-refractivity contribution in [1.29, 1.82) is 0 Å². The van der Waals surface area contributed by atoms with Gasteiger partial charge in [0.05, 0.1) is 12.6 Å². The number of hydrogen-bond donors (Lipinski definition) is 4. The molecule has 4 N–H and O–H groups in total. The summed E-state index contributed by atoms with van der Waals surface area (Å²) in [6, 6.07) is 7.52. The van der Waals surface area contributed by atoms with Crippen LogP contribution in [0.15, 0.2) is 46.0 Å². The molecule has 1 aromatic heterocycles. The van der Waals surface area contributed by atoms with Crippen molar-refractivity contribution >= 4 is 29.6 Å². The highest BCUT2D eigenvalue weighted by Gasteiger charge is 2.32. The van der Waals surface area contributed by atoms with E-state index < -0.39 is 46.8 Å². The van der Waals surface area contributed by atoms with E-state index >= 15 is 0 Å². The van der Waals surface area contributed by atoms with Crippen molar-refractivity contribution in [2.75, 3.05) is 13.3 Å². The normalized spacial score (nSPS) is 17.2. The average molecular weight is 733 g/mol. The van der Waals surface area contributed by atoms with Crippen LogP contribution in [0.3, 0.4) is 0 Å². The lowest BCUT2D eigenvalue weighted by Crippen LogP contribution is -2.39. The Hall–Kier alpha value is -5.86. The highest BCUT2D eigenvalue weighted by atomic mass is 16.7. The summed E-state index contributed by atoms with van der Waals surface area (Å²) in [6.45, 7) is 1.54. The van der Waals surface area contributed by atoms with Crippen LogP contribution in [0, 0.1) is 0 Å². The van der Waals surface area contributed by atoms with E-state index in [1.54, 1.807) is 37.3 Å². The van der Waals surface area contributed by atoms with Crippen molar-refractivity contribution in [2.45, 2.75) is 76.9 Å². The third-order valence-electron chi connectivity index (χ3n) is 9.35. The summed E-state index contributed by atoms with van der Waals surface area (Å²) in [5.74, 6) is -2.71. The van der Waals surface area contributed by atoms with E-state index in [0.717, 1.165) is 4.57 Å². The maximum Gasteiger partial charge on any atom is 0.342 e. The molecule has 0 radical (unpaired) electrons. The van der Waals surface area contributed by atoms with Crippen molar-refractivity contribution < 1.29 is 43.6 Å². The fraction of sp³-hybridized carbons (Fsp3) is 0.421. The number of ether oxygens (including phenoxy) is 3. The van der Waals surface area contributed by atoms with Crippen molar-refractivity contribution in [3.05, 3.63) is 85.2 Å². The first kappa shape index (κ1) is 38.4. The number of hydrogen-bond acceptors (Lipinski definition) is 11. The molecule has 2 aromatic carbocycles. The number of cyclic esters (lactones) is 1. The molecule has 0 saturated heterocycles. The van der Waals surface area contributed by atoms with E-state index in [9.17, 15) is 39.0 Å². The number of Topliss-reactive ketones (excluding diaryl/α,β-unsaturated/α-hetero) is 1. The number of aromatic nitrogens is 2. The van der Waals surface area contributed by atoms with E-state index in [1.165, 1.54) is 30.8 Å². The number of carbonyl (C=O) groups is 4. The standard InChI is InChI=1S/C38H44N4O11/c1-22-8-7-11-26(43)10-6-4-5-9-24-16-28(44)35(36(48)34(24)37(49)53-22)27(23-12-13-29-30(17-23)52-21-51-29)19-32(46)39-15-14-31(45)40-20-25-18-33(47)42(3)38(50)41(25)2/h5,9,12-13,16-18,22,27,44,48H,4,6-8,10-11,14-15,19-21H2,1-3H3,(H,39,46)(H,40,45)/b9-5+/t22-,27?/m0/s1. The highest BCUT2D eigenvalue weighted by molar-refractivity contribution is 5.98. The molecule has 15 nitrogen and oxygen atoms in total. The van der Waals surface area contributed by atoms with Crippen LogP contribution in [-0.2, 0) is 39.8 Å². The van der Waals surface area contributed by atoms with Crippen molar-refractivity contribution in [3.63, 3.8) is 0 Å². The van der Waals surface area contributed by atoms with E-state index in [4.69, 9.17) is 14.2 Å². The molecule has 3 heterocycles. The SMILES string of the molecule is C[C@H]1CCCC(=O)CCC/C=C/c2cc(O)c(C(CC(=O)NCCC(=O)NCc3cc(=O)n(C)c(=O)n3C)c3ccc4c(c3)OCO4)c(O)c2C(=O)O1. The quantitative estimate of drug-likeness (QED) is 0.236. The zero-order valence-corrected chi connectivity index (χ0v) is 29.9. The van der Waals surface area contributed by atoms with Gasteiger partial charge >= 0.3 is 11.7 Å². The molecule has 0 spiro atoms. The Morgan fingerprint density at radius 3 is 2.49 bits per heavy atom. The molecular weight excluding hydrogens is 688 g/mol. The summed E-state index contributed by atoms with van der Waals surface area (Å²) in [5.41, 5.74) is -0.308. The first-order chi connectivity index (χ1) is 25.3. The summed E-state index contributed by atoms with van der Waals surface area (Å²) in [5, 5.41) is 28.6. The van der Waals surface area contributed by atoms with Gasteiger partial charge in [-0.15, -0.1) is 0 Å². The number of amides is 2. The molecule has 53 heavy (non-hydrogen) atoms. The molecule has 2 amide bonds. The molecule has 1 unspecified atom stereocenters. The minimum Gasteiger partial charge on any atom is -0.507 e. The lowest BCUT2D eigenvalue weighted by atomic mass is 9.84. The van der Waals surface area contributed by atoms with Crippen molar-refractivity contribution in [2.24, 2.45) is 14.1 Å². The Morgan fingerprint density at radius 2 is 1.70 bits per heavy atom. The first-order valence-corrected chi connectivity index (χ1v) is 17.5. The first-order valence-electron chi connectivity index (χ1n) is 17.5. The number of nitrogens with one attached hydrogen (secondary N) is 2. The van der Waals surface area contributed by atoms with Crippen molar-refractivity contribution in [1.82, 2.24) is 19.8 Å². The number of aromatic hydroxyl groups is 2. The molecule has 2 atom stereocenters. The zero-order chi connectivity index (χ0) is 38.2. The van der Waals surface area contributed by atoms with Gasteiger partial charge in [-0.2, -0.15) is 0 Å². The van der Waals surface area contributed by atoms with E-state index in [-0.39, 0.29) is 60.9 Å². The molecule has 2 aliphatic rings. The van der Waals surface area contributed by atoms with Crippen LogP contribution in [-0.4, -0.2) is 62.4 Å². The lowest BCUT2D eigenvalue weighted by Gasteiger charge is -2.23. The van der Waals surface area contributed by atoms with Gasteiger partial charge in [0, 0.05) is 69.6 Å². The largest absolute Gasteiger partial charge is 0.507 e. The molecule has 5 rings (SSSR count). The van der Waals surface area contributed by atoms with Crippen LogP contribution in [0.1, 0.15) is 97.0 Å². The van der Waals surface area contributed by atoms with Crippen LogP contribution in [0.5, 0.6) is 23.0 Å². The fourth-order valence-corrected chi connectivity index (χ4v) is 6.33. The molecule has 15 heteroatoms. The smallest absolute Gasteiger partial charge is 0.342 e. The Balaban J connectivity index is 1.38. The van der Waals surface area contributed by atoms with Crippen LogP contribution >= 0.6 is 0 Å². The maximum absolute atomic E-state index is 13.6. The molecule has 0 bridgehead atoms. The van der Waals surface area contributed by atoms with Gasteiger partial charge < -0.3 is 35.1 Å². The topological polar surface area (TPSA) is 204 Å². The number of nitrogens with zero attached hydrogens (tertiary/aromatic N) is 2. The lowest BCUT2D eigenvalue weighted by molar-refractivity contribution is -0.123. The number of rotatable bonds is 9. The van der Waals surface area contributed by atoms with Crippen molar-refractivity contribution in [3.8, 4) is 23.0 Å². The maximum atomic E-state index is 13.6. The van der Waals surface area contributed by atoms with E-state index in [2.05, 4.69) is 10.6 Å². The summed E-state index contributed by atoms with van der Waals surface area (Å²) < 4.78 is 18.9. The molecule has 0 fully saturated rings. The molecule has 0 saturated carbocycles. The van der Waals surface area contributed by atoms with E-state index in [0.29, 0.717) is 61.3 Å². The van der Waals surface area contributed by atoms with E-state index in [1.807, 2.05) is 0 Å². The number of esters is 1. The van der Waals surface area contributed by atoms with Gasteiger partial charge in [-0.1, -0.05) is 18.2 Å². The van der Waals surface area contributed by atoms with Gasteiger partial charge in [0.2, 0.25) is 18.6 Å². The number of benzene rings is 2. The van der Waals surface area contributed by atoms with Crippen LogP contribution in [0.4, 0.5) is 0 Å². The Kier molecular flexibility index (Phi) is 12.4. The number of ketones is 1. The van der Waals surface area contributed by atoms with Gasteiger partial charge in [0.15, 0.2) is 11.5 Å². The number of phenolic OH excluding ortho intramolecular Hbond substituents is 2. The number of allylic oxidation sites excluding steroid dienone is 1. The predicted octanol–water partition coefficient (Wildman–Crippen LogP) is 3.05. The summed E-state index contributed by atoms with van der Waals surface area (Å²) in [7, 11) is 2.84.